The molecule has 2 heterocycles. The average molecular weight is 285 g/mol. The SMILES string of the molecule is NC(=O)C1CCN(C(=O)N2C[C@H](O)C[C@@H]2C(=O)O)CC1. The number of hydrogen-bond acceptors (Lipinski definition) is 4. The third-order valence-corrected chi connectivity index (χ3v) is 3.98. The van der Waals surface area contributed by atoms with Crippen LogP contribution in [-0.2, 0) is 9.59 Å². The molecule has 2 aliphatic rings. The van der Waals surface area contributed by atoms with E-state index in [9.17, 15) is 19.5 Å². The van der Waals surface area contributed by atoms with Gasteiger partial charge < -0.3 is 25.7 Å². The fourth-order valence-electron chi connectivity index (χ4n) is 2.80. The Bertz CT molecular complexity index is 419. The Labute approximate surface area is 116 Å². The van der Waals surface area contributed by atoms with Crippen LogP contribution >= 0.6 is 0 Å². The second kappa shape index (κ2) is 5.66. The van der Waals surface area contributed by atoms with Crippen LogP contribution in [0.15, 0.2) is 0 Å². The summed E-state index contributed by atoms with van der Waals surface area (Å²) in [5, 5.41) is 18.6. The van der Waals surface area contributed by atoms with Gasteiger partial charge in [0.25, 0.3) is 0 Å². The van der Waals surface area contributed by atoms with Crippen molar-refractivity contribution in [3.63, 3.8) is 0 Å². The van der Waals surface area contributed by atoms with Crippen LogP contribution in [0, 0.1) is 5.92 Å². The number of aliphatic hydroxyl groups excluding tert-OH is 1. The van der Waals surface area contributed by atoms with Gasteiger partial charge in [0.05, 0.1) is 6.10 Å². The molecular formula is C12H19N3O5. The zero-order valence-corrected chi connectivity index (χ0v) is 11.1. The van der Waals surface area contributed by atoms with Crippen LogP contribution < -0.4 is 5.73 Å². The number of aliphatic carboxylic acids is 1. The number of urea groups is 1. The maximum atomic E-state index is 12.3. The van der Waals surface area contributed by atoms with Crippen molar-refractivity contribution in [1.29, 1.82) is 0 Å². The van der Waals surface area contributed by atoms with E-state index in [1.54, 1.807) is 0 Å². The number of rotatable bonds is 2. The molecule has 3 amide bonds. The first kappa shape index (κ1) is 14.6. The van der Waals surface area contributed by atoms with Crippen LogP contribution in [0.2, 0.25) is 0 Å². The number of carboxylic acids is 1. The number of carbonyl (C=O) groups excluding carboxylic acids is 2. The number of aliphatic hydroxyl groups is 1. The summed E-state index contributed by atoms with van der Waals surface area (Å²) in [4.78, 5) is 37.2. The van der Waals surface area contributed by atoms with Crippen molar-refractivity contribution in [3.8, 4) is 0 Å². The van der Waals surface area contributed by atoms with E-state index in [4.69, 9.17) is 10.8 Å². The first-order valence-electron chi connectivity index (χ1n) is 6.66. The third-order valence-electron chi connectivity index (χ3n) is 3.98. The molecule has 0 spiro atoms. The van der Waals surface area contributed by atoms with E-state index < -0.39 is 24.1 Å². The first-order chi connectivity index (χ1) is 9.40. The number of nitrogens with zero attached hydrogens (tertiary/aromatic N) is 2. The molecule has 2 aliphatic heterocycles. The third kappa shape index (κ3) is 2.84. The first-order valence-corrected chi connectivity index (χ1v) is 6.66. The number of β-amino-alcohol motifs (C(OH)–C–C–N with tert-alkyl or cyclic N) is 1. The summed E-state index contributed by atoms with van der Waals surface area (Å²) < 4.78 is 0. The Hall–Kier alpha value is -1.83. The van der Waals surface area contributed by atoms with Gasteiger partial charge in [0.15, 0.2) is 0 Å². The van der Waals surface area contributed by atoms with E-state index >= 15 is 0 Å². The van der Waals surface area contributed by atoms with Gasteiger partial charge in [-0.25, -0.2) is 9.59 Å². The molecule has 2 fully saturated rings. The molecule has 0 unspecified atom stereocenters. The van der Waals surface area contributed by atoms with Crippen molar-refractivity contribution in [1.82, 2.24) is 9.80 Å². The molecule has 2 rings (SSSR count). The summed E-state index contributed by atoms with van der Waals surface area (Å²) >= 11 is 0. The molecule has 2 atom stereocenters. The van der Waals surface area contributed by atoms with Crippen LogP contribution in [0.4, 0.5) is 4.79 Å². The van der Waals surface area contributed by atoms with Crippen LogP contribution in [0.25, 0.3) is 0 Å². The van der Waals surface area contributed by atoms with Crippen molar-refractivity contribution in [3.05, 3.63) is 0 Å². The molecule has 0 aromatic heterocycles. The molecule has 20 heavy (non-hydrogen) atoms. The monoisotopic (exact) mass is 285 g/mol. The highest BCUT2D eigenvalue weighted by Gasteiger charge is 2.41. The van der Waals surface area contributed by atoms with Gasteiger partial charge in [-0.05, 0) is 12.8 Å². The number of primary amides is 1. The Balaban J connectivity index is 1.98. The van der Waals surface area contributed by atoms with Crippen molar-refractivity contribution in [2.75, 3.05) is 19.6 Å². The smallest absolute Gasteiger partial charge is 0.326 e. The summed E-state index contributed by atoms with van der Waals surface area (Å²) in [6, 6.07) is -1.37. The number of carboxylic acid groups (broad SMARTS) is 1. The van der Waals surface area contributed by atoms with Gasteiger partial charge in [-0.2, -0.15) is 0 Å². The summed E-state index contributed by atoms with van der Waals surface area (Å²) in [5.41, 5.74) is 5.23. The lowest BCUT2D eigenvalue weighted by molar-refractivity contribution is -0.141. The van der Waals surface area contributed by atoms with Crippen molar-refractivity contribution in [2.45, 2.75) is 31.4 Å². The zero-order valence-electron chi connectivity index (χ0n) is 11.1. The highest BCUT2D eigenvalue weighted by atomic mass is 16.4. The lowest BCUT2D eigenvalue weighted by atomic mass is 9.96. The highest BCUT2D eigenvalue weighted by Crippen LogP contribution is 2.23. The van der Waals surface area contributed by atoms with Gasteiger partial charge in [0, 0.05) is 32.0 Å². The molecule has 0 radical (unpaired) electrons. The quantitative estimate of drug-likeness (QED) is 0.589. The van der Waals surface area contributed by atoms with Crippen LogP contribution in [0.3, 0.4) is 0 Å². The van der Waals surface area contributed by atoms with Crippen molar-refractivity contribution >= 4 is 17.9 Å². The lowest BCUT2D eigenvalue weighted by Gasteiger charge is -2.34. The minimum atomic E-state index is -1.11. The fraction of sp³-hybridized carbons (Fsp3) is 0.750. The molecule has 0 aromatic carbocycles. The van der Waals surface area contributed by atoms with E-state index in [0.29, 0.717) is 25.9 Å². The Morgan fingerprint density at radius 2 is 1.75 bits per heavy atom. The van der Waals surface area contributed by atoms with Gasteiger partial charge in [0.1, 0.15) is 6.04 Å². The Morgan fingerprint density at radius 1 is 1.15 bits per heavy atom. The number of carbonyl (C=O) groups is 3. The van der Waals surface area contributed by atoms with Gasteiger partial charge in [-0.1, -0.05) is 0 Å². The van der Waals surface area contributed by atoms with Crippen LogP contribution in [0.1, 0.15) is 19.3 Å². The molecule has 112 valence electrons. The molecule has 8 nitrogen and oxygen atoms in total. The van der Waals surface area contributed by atoms with Crippen molar-refractivity contribution in [2.24, 2.45) is 11.7 Å². The number of hydrogen-bond donors (Lipinski definition) is 3. The molecule has 0 bridgehead atoms. The predicted molar refractivity (Wildman–Crippen MR) is 67.6 cm³/mol. The number of nitrogens with two attached hydrogens (primary N) is 1. The van der Waals surface area contributed by atoms with Crippen molar-refractivity contribution < 1.29 is 24.6 Å². The second-order valence-corrected chi connectivity index (χ2v) is 5.34. The Morgan fingerprint density at radius 3 is 2.25 bits per heavy atom. The molecule has 4 N–H and O–H groups in total. The maximum absolute atomic E-state index is 12.3. The normalized spacial score (nSPS) is 27.6. The van der Waals surface area contributed by atoms with Gasteiger partial charge in [-0.3, -0.25) is 4.79 Å². The molecule has 2 saturated heterocycles. The zero-order chi connectivity index (χ0) is 14.9. The van der Waals surface area contributed by atoms with Gasteiger partial charge in [-0.15, -0.1) is 0 Å². The maximum Gasteiger partial charge on any atom is 0.326 e. The summed E-state index contributed by atoms with van der Waals surface area (Å²) in [6.07, 6.45) is 0.242. The Kier molecular flexibility index (Phi) is 4.12. The molecular weight excluding hydrogens is 266 g/mol. The topological polar surface area (TPSA) is 124 Å². The van der Waals surface area contributed by atoms with E-state index in [-0.39, 0.29) is 24.8 Å². The molecule has 0 aromatic rings. The number of piperidine rings is 1. The number of likely N-dealkylation sites (tertiary alicyclic amines) is 2. The van der Waals surface area contributed by atoms with E-state index in [0.717, 1.165) is 0 Å². The minimum absolute atomic E-state index is 0.0333. The fourth-order valence-corrected chi connectivity index (χ4v) is 2.80. The molecule has 0 aliphatic carbocycles. The standard InChI is InChI=1S/C12H19N3O5/c13-10(17)7-1-3-14(4-2-7)12(20)15-6-8(16)5-9(15)11(18)19/h7-9,16H,1-6H2,(H2,13,17)(H,18,19)/t8-,9-/m1/s1. The van der Waals surface area contributed by atoms with Crippen LogP contribution in [0.5, 0.6) is 0 Å². The van der Waals surface area contributed by atoms with E-state index in [1.165, 1.54) is 9.80 Å². The minimum Gasteiger partial charge on any atom is -0.480 e. The average Bonchev–Trinajstić information content (AvgIpc) is 2.80. The molecule has 8 heteroatoms. The summed E-state index contributed by atoms with van der Waals surface area (Å²) in [6.45, 7) is 0.794. The predicted octanol–water partition coefficient (Wildman–Crippen LogP) is -1.18. The number of amides is 3. The molecule has 0 saturated carbocycles. The highest BCUT2D eigenvalue weighted by molar-refractivity contribution is 5.84. The second-order valence-electron chi connectivity index (χ2n) is 5.34. The van der Waals surface area contributed by atoms with Gasteiger partial charge >= 0.3 is 12.0 Å². The summed E-state index contributed by atoms with van der Waals surface area (Å²) in [7, 11) is 0. The summed E-state index contributed by atoms with van der Waals surface area (Å²) in [5.74, 6) is -1.70. The van der Waals surface area contributed by atoms with Gasteiger partial charge in [0.2, 0.25) is 5.91 Å². The van der Waals surface area contributed by atoms with Crippen LogP contribution in [-0.4, -0.2) is 69.7 Å². The largest absolute Gasteiger partial charge is 0.480 e. The van der Waals surface area contributed by atoms with E-state index in [1.807, 2.05) is 0 Å². The lowest BCUT2D eigenvalue weighted by Crippen LogP contribution is -2.51. The van der Waals surface area contributed by atoms with E-state index in [2.05, 4.69) is 0 Å².